The van der Waals surface area contributed by atoms with E-state index in [1.54, 1.807) is 0 Å². The van der Waals surface area contributed by atoms with Crippen molar-refractivity contribution < 1.29 is 42.6 Å². The van der Waals surface area contributed by atoms with Crippen LogP contribution >= 0.6 is 0 Å². The molecule has 10 nitrogen and oxygen atoms in total. The predicted octanol–water partition coefficient (Wildman–Crippen LogP) is 20.0. The van der Waals surface area contributed by atoms with Gasteiger partial charge in [-0.3, -0.25) is 4.90 Å². The molecule has 3 atom stereocenters. The van der Waals surface area contributed by atoms with Crippen LogP contribution in [0.3, 0.4) is 0 Å². The molecule has 0 rings (SSSR count). The van der Waals surface area contributed by atoms with Crippen molar-refractivity contribution in [2.45, 2.75) is 370 Å². The molecule has 0 aliphatic heterocycles. The van der Waals surface area contributed by atoms with Crippen LogP contribution in [-0.4, -0.2) is 100 Å². The first-order valence-electron chi connectivity index (χ1n) is 33.7. The van der Waals surface area contributed by atoms with Crippen LogP contribution in [0.5, 0.6) is 0 Å². The molecule has 0 aromatic rings. The summed E-state index contributed by atoms with van der Waals surface area (Å²) in [4.78, 5) is 3.11. The lowest BCUT2D eigenvalue weighted by Gasteiger charge is -2.43. The second kappa shape index (κ2) is 53.9. The van der Waals surface area contributed by atoms with E-state index < -0.39 is 17.9 Å². The molecule has 0 aromatic carbocycles. The van der Waals surface area contributed by atoms with Crippen molar-refractivity contribution in [1.29, 1.82) is 0 Å². The van der Waals surface area contributed by atoms with E-state index in [-0.39, 0.29) is 0 Å². The van der Waals surface area contributed by atoms with Crippen LogP contribution in [0, 0.1) is 0 Å². The van der Waals surface area contributed by atoms with Crippen LogP contribution in [0.4, 0.5) is 0 Å². The van der Waals surface area contributed by atoms with Crippen molar-refractivity contribution in [2.75, 3.05) is 59.5 Å². The zero-order chi connectivity index (χ0) is 56.1. The fourth-order valence-corrected chi connectivity index (χ4v) is 10.7. The molecule has 0 fully saturated rings. The van der Waals surface area contributed by atoms with Gasteiger partial charge in [0.25, 0.3) is 17.9 Å². The monoisotopic (exact) mass is 1090 g/mol. The summed E-state index contributed by atoms with van der Waals surface area (Å²) in [6.45, 7) is 32.9. The normalized spacial score (nSPS) is 13.9. The molecule has 458 valence electrons. The van der Waals surface area contributed by atoms with E-state index in [1.165, 1.54) is 154 Å². The molecule has 0 aliphatic carbocycles. The number of unbranched alkanes of at least 4 members (excludes halogenated alkanes) is 18. The number of hydrogen-bond donors (Lipinski definition) is 0. The quantitative estimate of drug-likeness (QED) is 0.0434. The van der Waals surface area contributed by atoms with E-state index in [4.69, 9.17) is 42.6 Å². The molecular formula is C66H135NO9. The fraction of sp³-hybridized carbons (Fsp3) is 1.00. The summed E-state index contributed by atoms with van der Waals surface area (Å²) in [6, 6.07) is 2.01. The fourth-order valence-electron chi connectivity index (χ4n) is 10.7. The van der Waals surface area contributed by atoms with Gasteiger partial charge in [-0.1, -0.05) is 199 Å². The highest BCUT2D eigenvalue weighted by molar-refractivity contribution is 4.85. The first-order valence-corrected chi connectivity index (χ1v) is 33.7. The maximum absolute atomic E-state index is 6.24. The molecule has 0 bridgehead atoms. The van der Waals surface area contributed by atoms with Crippen molar-refractivity contribution in [3.63, 3.8) is 0 Å². The van der Waals surface area contributed by atoms with Crippen LogP contribution in [-0.2, 0) is 42.6 Å². The topological polar surface area (TPSA) is 86.3 Å². The minimum atomic E-state index is -0.866. The average Bonchev–Trinajstić information content (AvgIpc) is 3.44. The van der Waals surface area contributed by atoms with Crippen molar-refractivity contribution in [1.82, 2.24) is 4.90 Å². The molecule has 10 heteroatoms. The van der Waals surface area contributed by atoms with E-state index in [2.05, 4.69) is 88.0 Å². The first kappa shape index (κ1) is 75.6. The maximum atomic E-state index is 6.24. The minimum absolute atomic E-state index is 0.671. The number of nitrogens with zero attached hydrogens (tertiary/aromatic N) is 1. The second-order valence-corrected chi connectivity index (χ2v) is 22.4. The molecule has 0 saturated carbocycles. The third-order valence-corrected chi connectivity index (χ3v) is 15.0. The molecule has 3 unspecified atom stereocenters. The summed E-state index contributed by atoms with van der Waals surface area (Å²) in [6.07, 6.45) is 45.6. The highest BCUT2D eigenvalue weighted by atomic mass is 16.9. The zero-order valence-corrected chi connectivity index (χ0v) is 53.3. The second-order valence-electron chi connectivity index (χ2n) is 22.4. The van der Waals surface area contributed by atoms with E-state index in [0.29, 0.717) is 77.6 Å². The smallest absolute Gasteiger partial charge is 0.282 e. The zero-order valence-electron chi connectivity index (χ0n) is 53.3. The Bertz CT molecular complexity index is 959. The van der Waals surface area contributed by atoms with Gasteiger partial charge in [0, 0.05) is 37.4 Å². The molecule has 0 spiro atoms. The van der Waals surface area contributed by atoms with Crippen molar-refractivity contribution in [3.05, 3.63) is 0 Å². The van der Waals surface area contributed by atoms with Crippen LogP contribution in [0.25, 0.3) is 0 Å². The third kappa shape index (κ3) is 37.6. The van der Waals surface area contributed by atoms with Gasteiger partial charge in [-0.25, -0.2) is 0 Å². The largest absolute Gasteiger partial charge is 0.327 e. The highest BCUT2D eigenvalue weighted by Gasteiger charge is 2.35. The summed E-state index contributed by atoms with van der Waals surface area (Å²) in [5.74, 6) is -2.60. The first-order chi connectivity index (χ1) is 37.2. The Hall–Kier alpha value is -0.400. The predicted molar refractivity (Wildman–Crippen MR) is 323 cm³/mol. The average molecular weight is 1090 g/mol. The van der Waals surface area contributed by atoms with Crippen molar-refractivity contribution in [3.8, 4) is 0 Å². The lowest BCUT2D eigenvalue weighted by Crippen LogP contribution is -2.49. The number of hydrogen-bond acceptors (Lipinski definition) is 10. The van der Waals surface area contributed by atoms with Crippen LogP contribution < -0.4 is 0 Å². The SMILES string of the molecule is CCCOC(CCCCCCCCCC(CC)N(C(CC)CCCCCCCCCC(OCCC)(OCCC)OCCC)C(CC)CCCCCCCCCC(OCCC)(OCCC)OCCC)(OCCC)OCCC. The van der Waals surface area contributed by atoms with Gasteiger partial charge in [0.2, 0.25) is 0 Å². The molecule has 76 heavy (non-hydrogen) atoms. The molecule has 0 aliphatic rings. The Morgan fingerprint density at radius 3 is 0.539 bits per heavy atom. The van der Waals surface area contributed by atoms with Gasteiger partial charge < -0.3 is 42.6 Å². The van der Waals surface area contributed by atoms with Gasteiger partial charge in [0.05, 0.1) is 59.5 Å². The molecule has 0 radical (unpaired) electrons. The molecule has 0 saturated heterocycles. The summed E-state index contributed by atoms with van der Waals surface area (Å²) in [7, 11) is 0. The van der Waals surface area contributed by atoms with Gasteiger partial charge in [-0.2, -0.15) is 0 Å². The summed E-state index contributed by atoms with van der Waals surface area (Å²) in [5, 5.41) is 0. The Morgan fingerprint density at radius 1 is 0.224 bits per heavy atom. The van der Waals surface area contributed by atoms with Gasteiger partial charge in [-0.15, -0.1) is 0 Å². The molecule has 0 aromatic heterocycles. The molecule has 0 heterocycles. The summed E-state index contributed by atoms with van der Waals surface area (Å²) >= 11 is 0. The van der Waals surface area contributed by atoms with E-state index in [9.17, 15) is 0 Å². The van der Waals surface area contributed by atoms with E-state index in [1.807, 2.05) is 0 Å². The Labute approximate surface area is 474 Å². The van der Waals surface area contributed by atoms with Crippen molar-refractivity contribution >= 4 is 0 Å². The highest BCUT2D eigenvalue weighted by Crippen LogP contribution is 2.31. The summed E-state index contributed by atoms with van der Waals surface area (Å²) < 4.78 is 56.2. The Kier molecular flexibility index (Phi) is 53.6. The van der Waals surface area contributed by atoms with E-state index >= 15 is 0 Å². The Morgan fingerprint density at radius 2 is 0.382 bits per heavy atom. The lowest BCUT2D eigenvalue weighted by molar-refractivity contribution is -0.384. The van der Waals surface area contributed by atoms with Gasteiger partial charge in [0.15, 0.2) is 0 Å². The lowest BCUT2D eigenvalue weighted by atomic mass is 9.92. The minimum Gasteiger partial charge on any atom is -0.327 e. The number of ether oxygens (including phenoxy) is 9. The maximum Gasteiger partial charge on any atom is 0.282 e. The van der Waals surface area contributed by atoms with E-state index in [0.717, 1.165) is 96.3 Å². The van der Waals surface area contributed by atoms with Gasteiger partial charge in [-0.05, 0) is 116 Å². The standard InChI is InChI=1S/C66H135NO9/c1-13-52-68-64(69-53-14-2,70-54-15-3)49-43-37-31-25-28-34-40-46-61(22-10)67(62(23-11)47-41-35-29-26-32-38-44-50-65(71-55-16-4,72-56-17-5)73-57-18-6)63(24-12)48-42-36-30-27-33-39-45-51-66(74-58-19-7,75-59-20-8)76-60-21-9/h61-63H,13-60H2,1-12H3. The van der Waals surface area contributed by atoms with Crippen LogP contribution in [0.1, 0.15) is 333 Å². The van der Waals surface area contributed by atoms with Gasteiger partial charge >= 0.3 is 0 Å². The molecule has 0 N–H and O–H groups in total. The van der Waals surface area contributed by atoms with Crippen LogP contribution in [0.15, 0.2) is 0 Å². The van der Waals surface area contributed by atoms with Crippen molar-refractivity contribution in [2.24, 2.45) is 0 Å². The third-order valence-electron chi connectivity index (χ3n) is 15.0. The number of rotatable bonds is 63. The van der Waals surface area contributed by atoms with Gasteiger partial charge in [0.1, 0.15) is 0 Å². The summed E-state index contributed by atoms with van der Waals surface area (Å²) in [5.41, 5.74) is 0. The molecular weight excluding hydrogens is 951 g/mol. The van der Waals surface area contributed by atoms with Crippen LogP contribution in [0.2, 0.25) is 0 Å². The Balaban J connectivity index is 5.51. The molecule has 0 amide bonds.